The molecule has 1 amide bonds. The first-order valence-electron chi connectivity index (χ1n) is 12.7. The van der Waals surface area contributed by atoms with Crippen molar-refractivity contribution >= 4 is 22.7 Å². The van der Waals surface area contributed by atoms with Crippen LogP contribution in [0.25, 0.3) is 22.2 Å². The Morgan fingerprint density at radius 1 is 1.22 bits per heavy atom. The summed E-state index contributed by atoms with van der Waals surface area (Å²) >= 11 is 0. The molecular weight excluding hydrogens is 466 g/mol. The van der Waals surface area contributed by atoms with Crippen molar-refractivity contribution in [3.8, 4) is 23.1 Å². The van der Waals surface area contributed by atoms with Crippen molar-refractivity contribution in [2.75, 3.05) is 11.9 Å². The van der Waals surface area contributed by atoms with Crippen LogP contribution in [0.4, 0.5) is 10.5 Å². The van der Waals surface area contributed by atoms with E-state index in [1.165, 1.54) is 6.42 Å². The predicted octanol–water partition coefficient (Wildman–Crippen LogP) is 6.22. The summed E-state index contributed by atoms with van der Waals surface area (Å²) < 4.78 is 15.6. The maximum atomic E-state index is 12.0. The van der Waals surface area contributed by atoms with E-state index in [2.05, 4.69) is 27.0 Å². The number of rotatable bonds is 8. The van der Waals surface area contributed by atoms with E-state index in [1.807, 2.05) is 68.1 Å². The van der Waals surface area contributed by atoms with Crippen LogP contribution in [-0.2, 0) is 18.2 Å². The average Bonchev–Trinajstić information content (AvgIpc) is 3.38. The molecule has 0 spiro atoms. The molecule has 0 saturated heterocycles. The smallest absolute Gasteiger partial charge is 0.411 e. The fraction of sp³-hybridized carbons (Fsp3) is 0.345. The number of fused-ring (bicyclic) bond motifs is 1. The van der Waals surface area contributed by atoms with Crippen molar-refractivity contribution in [2.45, 2.75) is 51.7 Å². The van der Waals surface area contributed by atoms with E-state index in [0.717, 1.165) is 52.9 Å². The minimum Gasteiger partial charge on any atom is -0.493 e. The van der Waals surface area contributed by atoms with Gasteiger partial charge in [-0.15, -0.1) is 0 Å². The van der Waals surface area contributed by atoms with Gasteiger partial charge in [0.2, 0.25) is 0 Å². The number of nitrogens with zero attached hydrogens (tertiary/aromatic N) is 4. The Balaban J connectivity index is 1.46. The molecule has 190 valence electrons. The van der Waals surface area contributed by atoms with Gasteiger partial charge in [-0.3, -0.25) is 5.32 Å². The second kappa shape index (κ2) is 10.4. The van der Waals surface area contributed by atoms with Gasteiger partial charge in [0.25, 0.3) is 0 Å². The Bertz CT molecular complexity index is 1460. The molecule has 1 N–H and O–H groups in total. The van der Waals surface area contributed by atoms with Crippen molar-refractivity contribution in [3.05, 3.63) is 66.2 Å². The third kappa shape index (κ3) is 5.03. The molecular formula is C29H31N5O3. The number of amides is 1. The number of anilines is 1. The molecule has 2 heterocycles. The van der Waals surface area contributed by atoms with Gasteiger partial charge < -0.3 is 18.6 Å². The van der Waals surface area contributed by atoms with Crippen LogP contribution >= 0.6 is 0 Å². The number of carbonyl (C=O) groups is 1. The minimum atomic E-state index is -0.486. The number of carbonyl (C=O) groups excluding carboxylic acids is 1. The highest BCUT2D eigenvalue weighted by molar-refractivity contribution is 5.96. The average molecular weight is 498 g/mol. The minimum absolute atomic E-state index is 0.195. The molecule has 1 saturated carbocycles. The number of aryl methyl sites for hydroxylation is 1. The molecule has 0 aliphatic heterocycles. The van der Waals surface area contributed by atoms with Crippen molar-refractivity contribution in [2.24, 2.45) is 7.05 Å². The summed E-state index contributed by atoms with van der Waals surface area (Å²) in [6.45, 7) is 4.16. The highest BCUT2D eigenvalue weighted by Crippen LogP contribution is 2.43. The van der Waals surface area contributed by atoms with Crippen LogP contribution in [0.15, 0.2) is 55.0 Å². The van der Waals surface area contributed by atoms with Gasteiger partial charge in [-0.25, -0.2) is 9.78 Å². The number of hydrogen-bond donors (Lipinski definition) is 1. The van der Waals surface area contributed by atoms with Crippen molar-refractivity contribution in [1.82, 2.24) is 14.1 Å². The second-order valence-electron chi connectivity index (χ2n) is 9.72. The lowest BCUT2D eigenvalue weighted by molar-refractivity contribution is 0.130. The zero-order valence-corrected chi connectivity index (χ0v) is 21.4. The molecule has 0 unspecified atom stereocenters. The first-order chi connectivity index (χ1) is 17.9. The van der Waals surface area contributed by atoms with E-state index < -0.39 is 6.09 Å². The number of hydrogen-bond acceptors (Lipinski definition) is 5. The van der Waals surface area contributed by atoms with E-state index in [4.69, 9.17) is 9.47 Å². The van der Waals surface area contributed by atoms with E-state index >= 15 is 0 Å². The topological polar surface area (TPSA) is 94.1 Å². The number of benzene rings is 2. The first kappa shape index (κ1) is 24.4. The number of ether oxygens (including phenoxy) is 2. The molecule has 1 aliphatic carbocycles. The van der Waals surface area contributed by atoms with Gasteiger partial charge in [0, 0.05) is 48.5 Å². The maximum Gasteiger partial charge on any atom is 0.411 e. The molecule has 4 aromatic rings. The summed E-state index contributed by atoms with van der Waals surface area (Å²) in [6.07, 6.45) is 7.05. The zero-order chi connectivity index (χ0) is 25.9. The van der Waals surface area contributed by atoms with Crippen LogP contribution in [0.3, 0.4) is 0 Å². The summed E-state index contributed by atoms with van der Waals surface area (Å²) in [6, 6.07) is 16.3. The molecule has 8 nitrogen and oxygen atoms in total. The highest BCUT2D eigenvalue weighted by Gasteiger charge is 2.28. The molecule has 0 radical (unpaired) electrons. The van der Waals surface area contributed by atoms with Crippen LogP contribution in [0.2, 0.25) is 0 Å². The highest BCUT2D eigenvalue weighted by atomic mass is 16.6. The summed E-state index contributed by atoms with van der Waals surface area (Å²) in [4.78, 5) is 16.1. The molecule has 1 fully saturated rings. The number of nitrogens with one attached hydrogen (secondary N) is 1. The Hall–Kier alpha value is -4.25. The summed E-state index contributed by atoms with van der Waals surface area (Å²) in [5, 5.41) is 13.9. The standard InChI is InChI=1S/C29H31N5O3/c1-19(2)37-29(35)32-21-9-7-20(8-10-21)28-26(16-30)25-12-11-24(15-27(25)34(28)22-5-4-6-22)36-14-13-23-17-31-18-33(23)3/h7-12,15,17-19,22H,4-6,13-14H2,1-3H3,(H,32,35). The summed E-state index contributed by atoms with van der Waals surface area (Å²) in [5.74, 6) is 0.784. The third-order valence-corrected chi connectivity index (χ3v) is 6.82. The van der Waals surface area contributed by atoms with Gasteiger partial charge in [0.1, 0.15) is 11.8 Å². The van der Waals surface area contributed by atoms with E-state index in [-0.39, 0.29) is 6.10 Å². The number of imidazole rings is 1. The van der Waals surface area contributed by atoms with Gasteiger partial charge in [0.05, 0.1) is 35.8 Å². The van der Waals surface area contributed by atoms with Gasteiger partial charge in [-0.05, 0) is 62.9 Å². The van der Waals surface area contributed by atoms with Crippen molar-refractivity contribution in [3.63, 3.8) is 0 Å². The van der Waals surface area contributed by atoms with E-state index in [1.54, 1.807) is 6.33 Å². The Morgan fingerprint density at radius 3 is 2.62 bits per heavy atom. The Labute approximate surface area is 216 Å². The van der Waals surface area contributed by atoms with Crippen LogP contribution in [0.5, 0.6) is 5.75 Å². The van der Waals surface area contributed by atoms with Crippen LogP contribution in [0.1, 0.15) is 50.4 Å². The molecule has 8 heteroatoms. The largest absolute Gasteiger partial charge is 0.493 e. The third-order valence-electron chi connectivity index (χ3n) is 6.82. The normalized spacial score (nSPS) is 13.4. The van der Waals surface area contributed by atoms with E-state index in [9.17, 15) is 10.1 Å². The van der Waals surface area contributed by atoms with Gasteiger partial charge in [-0.1, -0.05) is 12.1 Å². The van der Waals surface area contributed by atoms with E-state index in [0.29, 0.717) is 23.9 Å². The molecule has 0 bridgehead atoms. The zero-order valence-electron chi connectivity index (χ0n) is 21.4. The quantitative estimate of drug-likeness (QED) is 0.312. The molecule has 2 aromatic heterocycles. The van der Waals surface area contributed by atoms with Crippen molar-refractivity contribution in [1.29, 1.82) is 5.26 Å². The monoisotopic (exact) mass is 497 g/mol. The molecule has 5 rings (SSSR count). The lowest BCUT2D eigenvalue weighted by Gasteiger charge is -2.30. The molecule has 1 aliphatic rings. The number of nitriles is 1. The molecule has 0 atom stereocenters. The Kier molecular flexibility index (Phi) is 6.87. The SMILES string of the molecule is CC(C)OC(=O)Nc1ccc(-c2c(C#N)c3ccc(OCCc4cncn4C)cc3n2C2CCC2)cc1. The fourth-order valence-electron chi connectivity index (χ4n) is 4.77. The van der Waals surface area contributed by atoms with Crippen molar-refractivity contribution < 1.29 is 14.3 Å². The fourth-order valence-corrected chi connectivity index (χ4v) is 4.77. The molecule has 2 aromatic carbocycles. The van der Waals surface area contributed by atoms with Crippen LogP contribution < -0.4 is 10.1 Å². The van der Waals surface area contributed by atoms with Crippen LogP contribution in [-0.4, -0.2) is 32.9 Å². The van der Waals surface area contributed by atoms with Crippen LogP contribution in [0, 0.1) is 11.3 Å². The lowest BCUT2D eigenvalue weighted by Crippen LogP contribution is -2.18. The lowest BCUT2D eigenvalue weighted by atomic mass is 9.92. The summed E-state index contributed by atoms with van der Waals surface area (Å²) in [5.41, 5.74) is 5.26. The molecule has 37 heavy (non-hydrogen) atoms. The van der Waals surface area contributed by atoms with Gasteiger partial charge in [-0.2, -0.15) is 5.26 Å². The van der Waals surface area contributed by atoms with Gasteiger partial charge in [0.15, 0.2) is 0 Å². The first-order valence-corrected chi connectivity index (χ1v) is 12.7. The Morgan fingerprint density at radius 2 is 2.00 bits per heavy atom. The predicted molar refractivity (Wildman–Crippen MR) is 143 cm³/mol. The van der Waals surface area contributed by atoms with Gasteiger partial charge >= 0.3 is 6.09 Å². The number of aromatic nitrogens is 3. The summed E-state index contributed by atoms with van der Waals surface area (Å²) in [7, 11) is 1.98. The second-order valence-corrected chi connectivity index (χ2v) is 9.72. The maximum absolute atomic E-state index is 12.0.